The summed E-state index contributed by atoms with van der Waals surface area (Å²) in [4.78, 5) is 0. The number of hydrogen-bond acceptors (Lipinski definition) is 4. The van der Waals surface area contributed by atoms with E-state index in [1.165, 1.54) is 0 Å². The summed E-state index contributed by atoms with van der Waals surface area (Å²) in [6.45, 7) is -0.750. The average Bonchev–Trinajstić information content (AvgIpc) is 2.33. The van der Waals surface area contributed by atoms with E-state index in [4.69, 9.17) is 20.4 Å². The summed E-state index contributed by atoms with van der Waals surface area (Å²) in [5, 5.41) is 31.5. The number of aliphatic hydroxyl groups is 2. The Hall–Kier alpha value is 0.168. The van der Waals surface area contributed by atoms with Crippen LogP contribution in [0.5, 0.6) is 11.5 Å². The Morgan fingerprint density at radius 2 is 0.789 bits per heavy atom. The second-order valence-electron chi connectivity index (χ2n) is 2.81. The third-order valence-corrected chi connectivity index (χ3v) is 1.51. The fourth-order valence-electron chi connectivity index (χ4n) is 0.856. The SMILES string of the molecule is OCO.Oc1ccccc1.Oc1ccccc1.[Y].[Y]. The van der Waals surface area contributed by atoms with Crippen LogP contribution in [0, 0.1) is 0 Å². The van der Waals surface area contributed by atoms with E-state index in [1.807, 2.05) is 12.1 Å². The van der Waals surface area contributed by atoms with Crippen LogP contribution in [0.3, 0.4) is 0 Å². The van der Waals surface area contributed by atoms with E-state index in [0.29, 0.717) is 11.5 Å². The maximum atomic E-state index is 8.63. The minimum Gasteiger partial charge on any atom is -0.508 e. The largest absolute Gasteiger partial charge is 0.508 e. The Morgan fingerprint density at radius 1 is 0.579 bits per heavy atom. The number of phenols is 2. The number of rotatable bonds is 0. The molecule has 0 bridgehead atoms. The Bertz CT molecular complexity index is 333. The summed E-state index contributed by atoms with van der Waals surface area (Å²) in [6.07, 6.45) is 0. The molecule has 0 atom stereocenters. The normalized spacial score (nSPS) is 7.26. The van der Waals surface area contributed by atoms with Gasteiger partial charge in [0, 0.05) is 65.4 Å². The van der Waals surface area contributed by atoms with Crippen LogP contribution in [0.4, 0.5) is 0 Å². The monoisotopic (exact) mass is 414 g/mol. The number of aliphatic hydroxyl groups excluding tert-OH is 1. The Labute approximate surface area is 163 Å². The van der Waals surface area contributed by atoms with Crippen LogP contribution in [-0.4, -0.2) is 27.2 Å². The van der Waals surface area contributed by atoms with Crippen molar-refractivity contribution in [3.05, 3.63) is 60.7 Å². The van der Waals surface area contributed by atoms with Crippen LogP contribution < -0.4 is 0 Å². The van der Waals surface area contributed by atoms with Gasteiger partial charge in [0.25, 0.3) is 0 Å². The van der Waals surface area contributed by atoms with Crippen molar-refractivity contribution in [1.29, 1.82) is 0 Å². The van der Waals surface area contributed by atoms with Crippen LogP contribution in [0.25, 0.3) is 0 Å². The van der Waals surface area contributed by atoms with Crippen LogP contribution in [-0.2, 0) is 65.4 Å². The maximum absolute atomic E-state index is 8.63. The van der Waals surface area contributed by atoms with Crippen LogP contribution in [0.2, 0.25) is 0 Å². The Balaban J connectivity index is -0.000000207. The molecule has 0 unspecified atom stereocenters. The van der Waals surface area contributed by atoms with Crippen molar-refractivity contribution in [3.63, 3.8) is 0 Å². The summed E-state index contributed by atoms with van der Waals surface area (Å²) >= 11 is 0. The van der Waals surface area contributed by atoms with Crippen molar-refractivity contribution >= 4 is 0 Å². The smallest absolute Gasteiger partial charge is 0.140 e. The van der Waals surface area contributed by atoms with Gasteiger partial charge in [0.05, 0.1) is 0 Å². The zero-order chi connectivity index (χ0) is 12.9. The third kappa shape index (κ3) is 18.2. The van der Waals surface area contributed by atoms with E-state index in [0.717, 1.165) is 0 Å². The quantitative estimate of drug-likeness (QED) is 0.495. The molecule has 2 rings (SSSR count). The van der Waals surface area contributed by atoms with Crippen molar-refractivity contribution in [2.45, 2.75) is 0 Å². The number of benzene rings is 2. The molecule has 0 fully saturated rings. The minimum atomic E-state index is -0.750. The minimum absolute atomic E-state index is 0. The molecular formula is C13H16O4Y2. The fraction of sp³-hybridized carbons (Fsp3) is 0.0769. The summed E-state index contributed by atoms with van der Waals surface area (Å²) in [6, 6.07) is 17.4. The van der Waals surface area contributed by atoms with Crippen LogP contribution in [0.15, 0.2) is 60.7 Å². The molecule has 4 N–H and O–H groups in total. The standard InChI is InChI=1S/2C6H6O.CH4O2.2Y/c2*7-6-4-2-1-3-5-6;2-1-3;;/h2*1-5,7H;2-3H,1H2;;. The predicted octanol–water partition coefficient (Wildman–Crippen LogP) is 1.71. The molecule has 98 valence electrons. The summed E-state index contributed by atoms with van der Waals surface area (Å²) in [7, 11) is 0. The van der Waals surface area contributed by atoms with E-state index in [-0.39, 0.29) is 65.4 Å². The van der Waals surface area contributed by atoms with Crippen molar-refractivity contribution < 1.29 is 85.8 Å². The molecule has 4 nitrogen and oxygen atoms in total. The van der Waals surface area contributed by atoms with Gasteiger partial charge < -0.3 is 20.4 Å². The van der Waals surface area contributed by atoms with Crippen LogP contribution >= 0.6 is 0 Å². The molecular weight excluding hydrogens is 398 g/mol. The number of aromatic hydroxyl groups is 2. The molecule has 0 aliphatic carbocycles. The van der Waals surface area contributed by atoms with Crippen molar-refractivity contribution in [3.8, 4) is 11.5 Å². The third-order valence-electron chi connectivity index (χ3n) is 1.51. The predicted molar refractivity (Wildman–Crippen MR) is 65.5 cm³/mol. The molecule has 0 saturated heterocycles. The zero-order valence-electron chi connectivity index (χ0n) is 10.4. The average molecular weight is 414 g/mol. The summed E-state index contributed by atoms with van der Waals surface area (Å²) in [5.74, 6) is 0.644. The van der Waals surface area contributed by atoms with Gasteiger partial charge in [-0.05, 0) is 24.3 Å². The van der Waals surface area contributed by atoms with E-state index in [9.17, 15) is 0 Å². The second-order valence-corrected chi connectivity index (χ2v) is 2.81. The molecule has 19 heavy (non-hydrogen) atoms. The molecule has 6 heteroatoms. The number of phenolic OH excluding ortho intramolecular Hbond substituents is 2. The molecule has 2 aromatic rings. The molecule has 0 aliphatic rings. The van der Waals surface area contributed by atoms with Gasteiger partial charge in [-0.25, -0.2) is 0 Å². The van der Waals surface area contributed by atoms with Gasteiger partial charge in [-0.2, -0.15) is 0 Å². The number of para-hydroxylation sites is 2. The van der Waals surface area contributed by atoms with Gasteiger partial charge in [0.2, 0.25) is 0 Å². The fourth-order valence-corrected chi connectivity index (χ4v) is 0.856. The molecule has 0 heterocycles. The van der Waals surface area contributed by atoms with E-state index in [1.54, 1.807) is 48.5 Å². The first-order chi connectivity index (χ1) is 8.20. The van der Waals surface area contributed by atoms with E-state index >= 15 is 0 Å². The topological polar surface area (TPSA) is 80.9 Å². The number of hydrogen-bond donors (Lipinski definition) is 4. The maximum Gasteiger partial charge on any atom is 0.140 e. The molecule has 0 aliphatic heterocycles. The molecule has 2 radical (unpaired) electrons. The summed E-state index contributed by atoms with van der Waals surface area (Å²) < 4.78 is 0. The Morgan fingerprint density at radius 3 is 0.895 bits per heavy atom. The van der Waals surface area contributed by atoms with Crippen molar-refractivity contribution in [1.82, 2.24) is 0 Å². The molecule has 0 spiro atoms. The first-order valence-corrected chi connectivity index (χ1v) is 4.90. The molecule has 0 aromatic heterocycles. The van der Waals surface area contributed by atoms with E-state index in [2.05, 4.69) is 0 Å². The van der Waals surface area contributed by atoms with Gasteiger partial charge in [0.1, 0.15) is 18.3 Å². The first kappa shape index (κ1) is 24.2. The van der Waals surface area contributed by atoms with Gasteiger partial charge in [-0.1, -0.05) is 36.4 Å². The van der Waals surface area contributed by atoms with Gasteiger partial charge >= 0.3 is 0 Å². The van der Waals surface area contributed by atoms with Crippen molar-refractivity contribution in [2.24, 2.45) is 0 Å². The first-order valence-electron chi connectivity index (χ1n) is 4.90. The summed E-state index contributed by atoms with van der Waals surface area (Å²) in [5.41, 5.74) is 0. The molecule has 2 aromatic carbocycles. The van der Waals surface area contributed by atoms with Crippen LogP contribution in [0.1, 0.15) is 0 Å². The van der Waals surface area contributed by atoms with Gasteiger partial charge in [-0.3, -0.25) is 0 Å². The second kappa shape index (κ2) is 18.2. The van der Waals surface area contributed by atoms with Gasteiger partial charge in [-0.15, -0.1) is 0 Å². The zero-order valence-corrected chi connectivity index (χ0v) is 16.1. The molecule has 0 amide bonds. The van der Waals surface area contributed by atoms with Gasteiger partial charge in [0.15, 0.2) is 0 Å². The Kier molecular flexibility index (Phi) is 23.1. The van der Waals surface area contributed by atoms with Crippen molar-refractivity contribution in [2.75, 3.05) is 6.79 Å². The van der Waals surface area contributed by atoms with E-state index < -0.39 is 6.79 Å². The molecule has 0 saturated carbocycles.